The first-order valence-electron chi connectivity index (χ1n) is 9.38. The number of nitrogens with one attached hydrogen (secondary N) is 2. The van der Waals surface area contributed by atoms with Crippen molar-refractivity contribution >= 4 is 11.6 Å². The Hall–Kier alpha value is -1.59. The Morgan fingerprint density at radius 3 is 2.42 bits per heavy atom. The number of aliphatic hydroxyl groups is 1. The van der Waals surface area contributed by atoms with Crippen LogP contribution in [0.15, 0.2) is 48.5 Å². The molecule has 1 saturated heterocycles. The van der Waals surface area contributed by atoms with Crippen molar-refractivity contribution < 1.29 is 19.6 Å². The normalized spacial score (nSPS) is 21.3. The molecular weight excluding hydrogens is 348 g/mol. The van der Waals surface area contributed by atoms with E-state index in [0.29, 0.717) is 6.61 Å². The molecule has 1 fully saturated rings. The SMILES string of the molecule is Cc1cc(OC[C@H](O)C[NH+]2CC[NH+](Cc3ccccc3)CC2)ccc1Cl. The lowest BCUT2D eigenvalue weighted by atomic mass is 10.2. The van der Waals surface area contributed by atoms with Crippen molar-refractivity contribution in [2.24, 2.45) is 0 Å². The van der Waals surface area contributed by atoms with Crippen LogP contribution in [0, 0.1) is 6.92 Å². The number of rotatable bonds is 7. The standard InChI is InChI=1S/C21H27ClN2O2/c1-17-13-20(7-8-21(17)22)26-16-19(25)15-24-11-9-23(10-12-24)14-18-5-3-2-4-6-18/h2-8,13,19,25H,9-12,14-16H2,1H3/p+2/t19-/m1/s1. The Labute approximate surface area is 160 Å². The van der Waals surface area contributed by atoms with Gasteiger partial charge in [0.25, 0.3) is 0 Å². The number of halogens is 1. The summed E-state index contributed by atoms with van der Waals surface area (Å²) in [6.45, 7) is 8.60. The summed E-state index contributed by atoms with van der Waals surface area (Å²) in [5.74, 6) is 0.762. The summed E-state index contributed by atoms with van der Waals surface area (Å²) in [5.41, 5.74) is 2.39. The Kier molecular flexibility index (Phi) is 6.92. The van der Waals surface area contributed by atoms with Crippen LogP contribution >= 0.6 is 11.6 Å². The number of benzene rings is 2. The maximum Gasteiger partial charge on any atom is 0.137 e. The maximum atomic E-state index is 10.3. The summed E-state index contributed by atoms with van der Waals surface area (Å²) in [5, 5.41) is 11.0. The average Bonchev–Trinajstić information content (AvgIpc) is 2.65. The molecule has 1 aliphatic heterocycles. The lowest BCUT2D eigenvalue weighted by Gasteiger charge is -2.30. The molecule has 0 aromatic heterocycles. The molecule has 1 heterocycles. The van der Waals surface area contributed by atoms with Crippen LogP contribution in [-0.2, 0) is 6.54 Å². The molecule has 0 spiro atoms. The quantitative estimate of drug-likeness (QED) is 0.653. The van der Waals surface area contributed by atoms with E-state index in [1.807, 2.05) is 25.1 Å². The molecule has 1 aliphatic rings. The Morgan fingerprint density at radius 2 is 1.73 bits per heavy atom. The van der Waals surface area contributed by atoms with Gasteiger partial charge in [-0.05, 0) is 30.7 Å². The number of hydrogen-bond donors (Lipinski definition) is 3. The van der Waals surface area contributed by atoms with Gasteiger partial charge in [0.2, 0.25) is 0 Å². The fourth-order valence-corrected chi connectivity index (χ4v) is 3.63. The van der Waals surface area contributed by atoms with Gasteiger partial charge in [0.05, 0.1) is 0 Å². The van der Waals surface area contributed by atoms with Crippen LogP contribution in [0.3, 0.4) is 0 Å². The van der Waals surface area contributed by atoms with E-state index in [1.54, 1.807) is 4.90 Å². The van der Waals surface area contributed by atoms with Crippen LogP contribution in [-0.4, -0.2) is 50.5 Å². The molecular formula is C21H29ClN2O2+2. The molecule has 4 nitrogen and oxygen atoms in total. The fourth-order valence-electron chi connectivity index (χ4n) is 3.51. The highest BCUT2D eigenvalue weighted by Crippen LogP contribution is 2.20. The molecule has 1 atom stereocenters. The summed E-state index contributed by atoms with van der Waals surface area (Å²) < 4.78 is 5.72. The largest absolute Gasteiger partial charge is 0.491 e. The predicted molar refractivity (Wildman–Crippen MR) is 104 cm³/mol. The van der Waals surface area contributed by atoms with Crippen LogP contribution in [0.25, 0.3) is 0 Å². The van der Waals surface area contributed by atoms with Crippen molar-refractivity contribution in [2.75, 3.05) is 39.3 Å². The molecule has 5 heteroatoms. The van der Waals surface area contributed by atoms with Crippen molar-refractivity contribution in [2.45, 2.75) is 19.6 Å². The minimum Gasteiger partial charge on any atom is -0.491 e. The lowest BCUT2D eigenvalue weighted by Crippen LogP contribution is -3.28. The van der Waals surface area contributed by atoms with Crippen LogP contribution in [0.1, 0.15) is 11.1 Å². The third kappa shape index (κ3) is 5.71. The van der Waals surface area contributed by atoms with E-state index in [-0.39, 0.29) is 0 Å². The van der Waals surface area contributed by atoms with Gasteiger partial charge in [-0.15, -0.1) is 0 Å². The summed E-state index contributed by atoms with van der Waals surface area (Å²) in [6, 6.07) is 16.3. The Morgan fingerprint density at radius 1 is 1.04 bits per heavy atom. The highest BCUT2D eigenvalue weighted by molar-refractivity contribution is 6.31. The molecule has 3 N–H and O–H groups in total. The molecule has 0 unspecified atom stereocenters. The Bertz CT molecular complexity index is 688. The number of piperazine rings is 1. The number of ether oxygens (including phenoxy) is 1. The summed E-state index contributed by atoms with van der Waals surface area (Å²) >= 11 is 6.02. The van der Waals surface area contributed by atoms with Crippen LogP contribution < -0.4 is 14.5 Å². The molecule has 0 saturated carbocycles. The minimum absolute atomic E-state index is 0.325. The van der Waals surface area contributed by atoms with Gasteiger partial charge in [-0.1, -0.05) is 41.9 Å². The van der Waals surface area contributed by atoms with Gasteiger partial charge >= 0.3 is 0 Å². The molecule has 2 aromatic rings. The van der Waals surface area contributed by atoms with Gasteiger partial charge in [0.15, 0.2) is 0 Å². The first-order valence-corrected chi connectivity index (χ1v) is 9.76. The van der Waals surface area contributed by atoms with Crippen molar-refractivity contribution in [3.8, 4) is 5.75 Å². The second kappa shape index (κ2) is 9.38. The lowest BCUT2D eigenvalue weighted by molar-refractivity contribution is -1.02. The van der Waals surface area contributed by atoms with E-state index in [0.717, 1.165) is 55.6 Å². The van der Waals surface area contributed by atoms with E-state index in [9.17, 15) is 5.11 Å². The molecule has 2 aromatic carbocycles. The van der Waals surface area contributed by atoms with Gasteiger partial charge in [-0.25, -0.2) is 0 Å². The molecule has 0 aliphatic carbocycles. The van der Waals surface area contributed by atoms with Gasteiger partial charge in [0, 0.05) is 10.6 Å². The van der Waals surface area contributed by atoms with E-state index < -0.39 is 6.10 Å². The third-order valence-electron chi connectivity index (χ3n) is 5.06. The molecule has 140 valence electrons. The molecule has 0 bridgehead atoms. The highest BCUT2D eigenvalue weighted by Gasteiger charge is 2.25. The topological polar surface area (TPSA) is 38.3 Å². The van der Waals surface area contributed by atoms with Gasteiger partial charge in [-0.2, -0.15) is 0 Å². The molecule has 3 rings (SSSR count). The first-order chi connectivity index (χ1) is 12.6. The first kappa shape index (κ1) is 19.2. The minimum atomic E-state index is -0.448. The molecule has 0 amide bonds. The van der Waals surface area contributed by atoms with Crippen LogP contribution in [0.2, 0.25) is 5.02 Å². The fraction of sp³-hybridized carbons (Fsp3) is 0.429. The van der Waals surface area contributed by atoms with Crippen LogP contribution in [0.4, 0.5) is 0 Å². The van der Waals surface area contributed by atoms with E-state index >= 15 is 0 Å². The van der Waals surface area contributed by atoms with Crippen LogP contribution in [0.5, 0.6) is 5.75 Å². The smallest absolute Gasteiger partial charge is 0.137 e. The maximum absolute atomic E-state index is 10.3. The van der Waals surface area contributed by atoms with E-state index in [1.165, 1.54) is 10.5 Å². The third-order valence-corrected chi connectivity index (χ3v) is 5.48. The zero-order chi connectivity index (χ0) is 18.4. The summed E-state index contributed by atoms with van der Waals surface area (Å²) in [4.78, 5) is 3.09. The zero-order valence-corrected chi connectivity index (χ0v) is 16.1. The van der Waals surface area contributed by atoms with E-state index in [4.69, 9.17) is 16.3 Å². The summed E-state index contributed by atoms with van der Waals surface area (Å²) in [7, 11) is 0. The van der Waals surface area contributed by atoms with Gasteiger partial charge < -0.3 is 19.6 Å². The Balaban J connectivity index is 1.37. The number of aliphatic hydroxyl groups excluding tert-OH is 1. The van der Waals surface area contributed by atoms with Crippen molar-refractivity contribution in [1.29, 1.82) is 0 Å². The number of hydrogen-bond acceptors (Lipinski definition) is 2. The van der Waals surface area contributed by atoms with E-state index in [2.05, 4.69) is 30.3 Å². The van der Waals surface area contributed by atoms with Gasteiger partial charge in [0.1, 0.15) is 57.7 Å². The summed E-state index contributed by atoms with van der Waals surface area (Å²) in [6.07, 6.45) is -0.448. The van der Waals surface area contributed by atoms with Crippen molar-refractivity contribution in [1.82, 2.24) is 0 Å². The second-order valence-corrected chi connectivity index (χ2v) is 7.65. The average molecular weight is 377 g/mol. The molecule has 0 radical (unpaired) electrons. The van der Waals surface area contributed by atoms with Gasteiger partial charge in [-0.3, -0.25) is 0 Å². The number of aryl methyl sites for hydroxylation is 1. The highest BCUT2D eigenvalue weighted by atomic mass is 35.5. The second-order valence-electron chi connectivity index (χ2n) is 7.24. The van der Waals surface area contributed by atoms with Crippen molar-refractivity contribution in [3.63, 3.8) is 0 Å². The molecule has 26 heavy (non-hydrogen) atoms. The number of quaternary nitrogens is 2. The monoisotopic (exact) mass is 376 g/mol. The predicted octanol–water partition coefficient (Wildman–Crippen LogP) is 0.372. The van der Waals surface area contributed by atoms with Crippen molar-refractivity contribution in [3.05, 3.63) is 64.7 Å². The zero-order valence-electron chi connectivity index (χ0n) is 15.4.